The number of carboxylic acids is 2. The number of nitrogens with zero attached hydrogens (tertiary/aromatic N) is 2. The van der Waals surface area contributed by atoms with Crippen LogP contribution in [0.3, 0.4) is 0 Å². The van der Waals surface area contributed by atoms with Crippen LogP contribution in [-0.4, -0.2) is 42.0 Å². The Labute approximate surface area is 353 Å². The van der Waals surface area contributed by atoms with E-state index in [-0.39, 0.29) is 29.9 Å². The Morgan fingerprint density at radius 3 is 1.04 bits per heavy atom. The average Bonchev–Trinajstić information content (AvgIpc) is 3.57. The first-order valence-corrected chi connectivity index (χ1v) is 23.2. The van der Waals surface area contributed by atoms with Crippen LogP contribution in [0.25, 0.3) is 0 Å². The van der Waals surface area contributed by atoms with Crippen LogP contribution in [0.5, 0.6) is 0 Å². The number of carbonyl (C=O) groups is 2. The van der Waals surface area contributed by atoms with Crippen LogP contribution in [0.4, 0.5) is 0 Å². The Morgan fingerprint density at radius 2 is 0.745 bits per heavy atom. The molecule has 55 heavy (non-hydrogen) atoms. The standard InChI is InChI=1S/2C18H34O2.C12H24N2.Fe/c2*1-2-3-4-5-6-7-8-9-10-11-12-13-14-15-16-17-18(19)20;1-3-4-5-6-7-8-9-14-11-10-13(2)12-14;/h2*9-10H,2-8,11-17H2,1H3,(H,19,20);10-11H,3-9,12H2,1-2H3;/q;;;+2/p-2/b2*10-9-;;. The van der Waals surface area contributed by atoms with Gasteiger partial charge in [-0.3, -0.25) is 0 Å². The van der Waals surface area contributed by atoms with Crippen molar-refractivity contribution in [2.24, 2.45) is 0 Å². The van der Waals surface area contributed by atoms with E-state index >= 15 is 0 Å². The van der Waals surface area contributed by atoms with Gasteiger partial charge in [0.05, 0.1) is 6.67 Å². The van der Waals surface area contributed by atoms with Crippen molar-refractivity contribution in [2.45, 2.75) is 239 Å². The van der Waals surface area contributed by atoms with Crippen molar-refractivity contribution in [1.82, 2.24) is 9.80 Å². The van der Waals surface area contributed by atoms with Crippen molar-refractivity contribution in [3.63, 3.8) is 0 Å². The largest absolute Gasteiger partial charge is 2.00 e. The van der Waals surface area contributed by atoms with E-state index in [9.17, 15) is 19.8 Å². The molecule has 0 aromatic carbocycles. The fraction of sp³-hybridized carbons (Fsp3) is 0.833. The Balaban J connectivity index is -0.000000742. The summed E-state index contributed by atoms with van der Waals surface area (Å²) < 4.78 is 0. The predicted molar refractivity (Wildman–Crippen MR) is 231 cm³/mol. The first kappa shape index (κ1) is 57.6. The maximum atomic E-state index is 10.2. The molecule has 0 fully saturated rings. The molecule has 1 rings (SSSR count). The van der Waals surface area contributed by atoms with Gasteiger partial charge in [-0.15, -0.1) is 0 Å². The fourth-order valence-corrected chi connectivity index (χ4v) is 6.51. The van der Waals surface area contributed by atoms with Crippen molar-refractivity contribution in [3.05, 3.63) is 36.7 Å². The van der Waals surface area contributed by atoms with E-state index in [0.29, 0.717) is 0 Å². The molecule has 0 aromatic heterocycles. The van der Waals surface area contributed by atoms with Gasteiger partial charge in [0.15, 0.2) is 0 Å². The van der Waals surface area contributed by atoms with Gasteiger partial charge in [0.2, 0.25) is 0 Å². The van der Waals surface area contributed by atoms with E-state index in [1.807, 2.05) is 0 Å². The second kappa shape index (κ2) is 50.3. The minimum absolute atomic E-state index is 0. The van der Waals surface area contributed by atoms with E-state index < -0.39 is 11.9 Å². The number of hydrogen-bond acceptors (Lipinski definition) is 6. The van der Waals surface area contributed by atoms with Crippen LogP contribution in [0.15, 0.2) is 36.7 Å². The monoisotopic (exact) mass is 815 g/mol. The summed E-state index contributed by atoms with van der Waals surface area (Å²) in [6, 6.07) is 0. The molecule has 0 unspecified atom stereocenters. The Bertz CT molecular complexity index is 813. The van der Waals surface area contributed by atoms with Gasteiger partial charge in [-0.05, 0) is 83.5 Å². The summed E-state index contributed by atoms with van der Waals surface area (Å²) in [6.45, 7) is 9.09. The van der Waals surface area contributed by atoms with Crippen LogP contribution >= 0.6 is 0 Å². The Hall–Kier alpha value is -1.72. The number of unbranched alkanes of at least 4 members (excludes halogenated alkanes) is 27. The molecule has 0 saturated heterocycles. The normalized spacial score (nSPS) is 12.1. The summed E-state index contributed by atoms with van der Waals surface area (Å²) in [7, 11) is 2.12. The number of rotatable bonds is 37. The summed E-state index contributed by atoms with van der Waals surface area (Å²) in [5, 5.41) is 20.4. The van der Waals surface area contributed by atoms with Gasteiger partial charge in [0.1, 0.15) is 0 Å². The summed E-state index contributed by atoms with van der Waals surface area (Å²) in [5.74, 6) is -1.83. The molecule has 324 valence electrons. The summed E-state index contributed by atoms with van der Waals surface area (Å²) >= 11 is 0. The van der Waals surface area contributed by atoms with Crippen LogP contribution in [-0.2, 0) is 26.7 Å². The van der Waals surface area contributed by atoms with Crippen LogP contribution < -0.4 is 10.2 Å². The van der Waals surface area contributed by atoms with Crippen molar-refractivity contribution >= 4 is 11.9 Å². The molecular formula is C48H90FeN2O4. The van der Waals surface area contributed by atoms with Gasteiger partial charge in [-0.25, -0.2) is 0 Å². The average molecular weight is 815 g/mol. The first-order chi connectivity index (χ1) is 26.4. The molecule has 0 aromatic rings. The van der Waals surface area contributed by atoms with Gasteiger partial charge < -0.3 is 29.6 Å². The van der Waals surface area contributed by atoms with Crippen molar-refractivity contribution in [3.8, 4) is 0 Å². The molecule has 1 heterocycles. The molecule has 0 amide bonds. The van der Waals surface area contributed by atoms with Gasteiger partial charge in [0, 0.05) is 37.9 Å². The number of aliphatic carboxylic acids is 2. The molecule has 0 spiro atoms. The van der Waals surface area contributed by atoms with E-state index in [2.05, 4.69) is 74.3 Å². The maximum Gasteiger partial charge on any atom is 2.00 e. The number of carboxylic acid groups (broad SMARTS) is 2. The number of allylic oxidation sites excluding steroid dienone is 4. The molecule has 1 aliphatic heterocycles. The smallest absolute Gasteiger partial charge is 0.550 e. The predicted octanol–water partition coefficient (Wildman–Crippen LogP) is 12.6. The van der Waals surface area contributed by atoms with E-state index in [1.54, 1.807) is 0 Å². The van der Waals surface area contributed by atoms with Crippen LogP contribution in [0, 0.1) is 0 Å². The second-order valence-electron chi connectivity index (χ2n) is 15.7. The van der Waals surface area contributed by atoms with Crippen LogP contribution in [0.1, 0.15) is 239 Å². The summed E-state index contributed by atoms with van der Waals surface area (Å²) in [5.41, 5.74) is 0. The molecule has 0 saturated carbocycles. The number of carbonyl (C=O) groups excluding carboxylic acids is 2. The van der Waals surface area contributed by atoms with Crippen LogP contribution in [0.2, 0.25) is 0 Å². The Kier molecular flexibility index (Phi) is 52.7. The first-order valence-electron chi connectivity index (χ1n) is 23.2. The minimum Gasteiger partial charge on any atom is -0.550 e. The summed E-state index contributed by atoms with van der Waals surface area (Å²) in [4.78, 5) is 25.0. The van der Waals surface area contributed by atoms with Gasteiger partial charge in [0.25, 0.3) is 0 Å². The fourth-order valence-electron chi connectivity index (χ4n) is 6.51. The molecule has 0 aliphatic carbocycles. The second-order valence-corrected chi connectivity index (χ2v) is 15.7. The SMILES string of the molecule is CCCCCCCC/C=C\CCCCCCCC(=O)[O-].CCCCCCCC/C=C\CCCCCCCC(=O)[O-].CCCCCCCCN1C=CN(C)C1.[Fe+2]. The number of hydrogen-bond donors (Lipinski definition) is 0. The molecule has 1 aliphatic rings. The third-order valence-corrected chi connectivity index (χ3v) is 10.0. The quantitative estimate of drug-likeness (QED) is 0.0353. The third-order valence-electron chi connectivity index (χ3n) is 10.0. The maximum absolute atomic E-state index is 10.2. The molecule has 6 nitrogen and oxygen atoms in total. The van der Waals surface area contributed by atoms with Crippen molar-refractivity contribution < 1.29 is 36.9 Å². The molecule has 0 radical (unpaired) electrons. The third kappa shape index (κ3) is 54.4. The van der Waals surface area contributed by atoms with Gasteiger partial charge in [-0.2, -0.15) is 0 Å². The van der Waals surface area contributed by atoms with E-state index in [1.165, 1.54) is 173 Å². The zero-order chi connectivity index (χ0) is 40.0. The molecule has 0 N–H and O–H groups in total. The molecule has 7 heteroatoms. The molecule has 0 atom stereocenters. The summed E-state index contributed by atoms with van der Waals surface area (Å²) in [6.07, 6.45) is 54.5. The van der Waals surface area contributed by atoms with E-state index in [4.69, 9.17) is 0 Å². The van der Waals surface area contributed by atoms with E-state index in [0.717, 1.165) is 45.2 Å². The molecule has 0 bridgehead atoms. The molecular weight excluding hydrogens is 724 g/mol. The van der Waals surface area contributed by atoms with Gasteiger partial charge in [-0.1, -0.05) is 180 Å². The topological polar surface area (TPSA) is 86.7 Å². The van der Waals surface area contributed by atoms with Crippen molar-refractivity contribution in [1.29, 1.82) is 0 Å². The zero-order valence-corrected chi connectivity index (χ0v) is 37.9. The Morgan fingerprint density at radius 1 is 0.455 bits per heavy atom. The zero-order valence-electron chi connectivity index (χ0n) is 36.8. The minimum atomic E-state index is -0.914. The van der Waals surface area contributed by atoms with Crippen molar-refractivity contribution in [2.75, 3.05) is 20.3 Å². The van der Waals surface area contributed by atoms with Gasteiger partial charge >= 0.3 is 17.1 Å².